The lowest BCUT2D eigenvalue weighted by Gasteiger charge is -2.28. The number of benzene rings is 10. The number of anilines is 6. The van der Waals surface area contributed by atoms with Crippen LogP contribution in [0.5, 0.6) is 0 Å². The van der Waals surface area contributed by atoms with Crippen molar-refractivity contribution < 1.29 is 13.3 Å². The molecule has 0 bridgehead atoms. The van der Waals surface area contributed by atoms with Crippen molar-refractivity contribution in [1.29, 1.82) is 0 Å². The summed E-state index contributed by atoms with van der Waals surface area (Å²) in [6, 6.07) is 61.1. The number of hydrogen-bond acceptors (Lipinski definition) is 5. The summed E-state index contributed by atoms with van der Waals surface area (Å²) in [6.45, 7) is 13.2. The van der Waals surface area contributed by atoms with Crippen LogP contribution in [0, 0.1) is 41.5 Å². The molecule has 3 aromatic heterocycles. The maximum absolute atomic E-state index is 6.84. The van der Waals surface area contributed by atoms with E-state index in [1.807, 2.05) is 12.1 Å². The van der Waals surface area contributed by atoms with Gasteiger partial charge in [0.1, 0.15) is 16.7 Å². The molecule has 13 aromatic rings. The molecular weight excluding hydrogens is 821 g/mol. The van der Waals surface area contributed by atoms with Crippen molar-refractivity contribution in [2.75, 3.05) is 9.80 Å². The van der Waals surface area contributed by atoms with Gasteiger partial charge in [-0.3, -0.25) is 0 Å². The Morgan fingerprint density at radius 3 is 1.33 bits per heavy atom. The predicted octanol–water partition coefficient (Wildman–Crippen LogP) is 18.5. The van der Waals surface area contributed by atoms with Crippen molar-refractivity contribution in [3.8, 4) is 0 Å². The van der Waals surface area contributed by atoms with Crippen LogP contribution in [0.2, 0.25) is 0 Å². The third-order valence-corrected chi connectivity index (χ3v) is 14.5. The van der Waals surface area contributed by atoms with Crippen LogP contribution in [0.15, 0.2) is 183 Å². The molecule has 5 heteroatoms. The number of rotatable bonds is 6. The van der Waals surface area contributed by atoms with Gasteiger partial charge in [0, 0.05) is 60.8 Å². The van der Waals surface area contributed by atoms with Crippen LogP contribution in [-0.2, 0) is 0 Å². The highest BCUT2D eigenvalue weighted by atomic mass is 16.4. The van der Waals surface area contributed by atoms with E-state index >= 15 is 0 Å². The molecule has 0 saturated carbocycles. The van der Waals surface area contributed by atoms with Gasteiger partial charge >= 0.3 is 0 Å². The standard InChI is InChI=1S/C62H46N2O3/c1-35-25-48(26-36(2)39(35)5)63(49-27-37(3)40(6)38(4)28-49)46-21-19-41-31-54-52-23-24-53-55-32-42-20-22-47(30-44(42)34-59(55)67-62(53)61(52)66-58(54)33-43(41)29-46)64(45-13-8-7-9-14-45)56-17-12-16-51-50-15-10-11-18-57(50)65-60(51)56/h7-34H,1-6H3. The van der Waals surface area contributed by atoms with E-state index in [-0.39, 0.29) is 0 Å². The SMILES string of the molecule is Cc1cc(N(c2cc(C)c(C)c(C)c2)c2ccc3cc4c(cc3c2)oc2c4ccc3c4cc5ccc(N(c6ccccc6)c6cccc7c6oc6ccccc67)cc5cc4oc32)cc(C)c1C. The Hall–Kier alpha value is -8.28. The quantitative estimate of drug-likeness (QED) is 0.167. The zero-order chi connectivity index (χ0) is 45.2. The molecule has 0 radical (unpaired) electrons. The third kappa shape index (κ3) is 6.08. The second kappa shape index (κ2) is 14.6. The molecule has 0 saturated heterocycles. The number of hydrogen-bond donors (Lipinski definition) is 0. The summed E-state index contributed by atoms with van der Waals surface area (Å²) in [5.41, 5.74) is 19.1. The molecular formula is C62H46N2O3. The van der Waals surface area contributed by atoms with Gasteiger partial charge in [-0.25, -0.2) is 0 Å². The molecule has 0 unspecified atom stereocenters. The second-order valence-electron chi connectivity index (χ2n) is 18.5. The van der Waals surface area contributed by atoms with E-state index in [2.05, 4.69) is 209 Å². The molecule has 0 N–H and O–H groups in total. The smallest absolute Gasteiger partial charge is 0.178 e. The predicted molar refractivity (Wildman–Crippen MR) is 281 cm³/mol. The molecule has 0 spiro atoms. The first-order valence-corrected chi connectivity index (χ1v) is 23.1. The lowest BCUT2D eigenvalue weighted by Crippen LogP contribution is -2.12. The molecule has 0 fully saturated rings. The molecule has 13 rings (SSSR count). The van der Waals surface area contributed by atoms with Gasteiger partial charge in [0.15, 0.2) is 16.7 Å². The summed E-state index contributed by atoms with van der Waals surface area (Å²) in [7, 11) is 0. The first kappa shape index (κ1) is 39.1. The fourth-order valence-electron chi connectivity index (χ4n) is 10.4. The van der Waals surface area contributed by atoms with E-state index in [4.69, 9.17) is 13.3 Å². The molecule has 5 nitrogen and oxygen atoms in total. The summed E-state index contributed by atoms with van der Waals surface area (Å²) in [5, 5.41) is 10.9. The lowest BCUT2D eigenvalue weighted by molar-refractivity contribution is 0.634. The fraction of sp³-hybridized carbons (Fsp3) is 0.0968. The molecule has 322 valence electrons. The Bertz CT molecular complexity index is 4080. The largest absolute Gasteiger partial charge is 0.454 e. The van der Waals surface area contributed by atoms with Crippen LogP contribution in [0.4, 0.5) is 34.1 Å². The summed E-state index contributed by atoms with van der Waals surface area (Å²) in [5.74, 6) is 0. The van der Waals surface area contributed by atoms with Crippen LogP contribution >= 0.6 is 0 Å². The summed E-state index contributed by atoms with van der Waals surface area (Å²) in [4.78, 5) is 4.68. The van der Waals surface area contributed by atoms with Gasteiger partial charge in [0.2, 0.25) is 0 Å². The summed E-state index contributed by atoms with van der Waals surface area (Å²) < 4.78 is 20.2. The Labute approximate surface area is 387 Å². The number of fused-ring (bicyclic) bond motifs is 12. The Kier molecular flexibility index (Phi) is 8.53. The van der Waals surface area contributed by atoms with Crippen molar-refractivity contribution in [1.82, 2.24) is 0 Å². The molecule has 0 aliphatic heterocycles. The molecule has 3 heterocycles. The van der Waals surface area contributed by atoms with E-state index in [1.165, 1.54) is 33.4 Å². The van der Waals surface area contributed by atoms with Gasteiger partial charge in [-0.2, -0.15) is 0 Å². The van der Waals surface area contributed by atoms with Gasteiger partial charge in [-0.05, 0) is 206 Å². The molecule has 0 amide bonds. The highest BCUT2D eigenvalue weighted by Crippen LogP contribution is 2.46. The van der Waals surface area contributed by atoms with Crippen LogP contribution in [0.1, 0.15) is 33.4 Å². The highest BCUT2D eigenvalue weighted by Gasteiger charge is 2.22. The van der Waals surface area contributed by atoms with Crippen molar-refractivity contribution in [2.24, 2.45) is 0 Å². The second-order valence-corrected chi connectivity index (χ2v) is 18.5. The fourth-order valence-corrected chi connectivity index (χ4v) is 10.4. The topological polar surface area (TPSA) is 45.9 Å². The molecule has 0 aliphatic carbocycles. The average molecular weight is 867 g/mol. The van der Waals surface area contributed by atoms with E-state index in [0.29, 0.717) is 0 Å². The van der Waals surface area contributed by atoms with Crippen LogP contribution in [-0.4, -0.2) is 0 Å². The van der Waals surface area contributed by atoms with Gasteiger partial charge in [0.05, 0.1) is 5.69 Å². The van der Waals surface area contributed by atoms with Gasteiger partial charge in [-0.1, -0.05) is 60.7 Å². The van der Waals surface area contributed by atoms with Gasteiger partial charge in [-0.15, -0.1) is 0 Å². The average Bonchev–Trinajstić information content (AvgIpc) is 4.02. The van der Waals surface area contributed by atoms with Crippen LogP contribution < -0.4 is 9.80 Å². The monoisotopic (exact) mass is 866 g/mol. The van der Waals surface area contributed by atoms with Crippen molar-refractivity contribution in [3.63, 3.8) is 0 Å². The minimum Gasteiger partial charge on any atom is -0.454 e. The third-order valence-electron chi connectivity index (χ3n) is 14.5. The first-order chi connectivity index (χ1) is 32.6. The number of nitrogens with zero attached hydrogens (tertiary/aromatic N) is 2. The highest BCUT2D eigenvalue weighted by molar-refractivity contribution is 6.21. The Morgan fingerprint density at radius 1 is 0.284 bits per heavy atom. The number of aryl methyl sites for hydroxylation is 4. The Morgan fingerprint density at radius 2 is 0.761 bits per heavy atom. The zero-order valence-electron chi connectivity index (χ0n) is 38.3. The summed E-state index contributed by atoms with van der Waals surface area (Å²) in [6.07, 6.45) is 0. The van der Waals surface area contributed by atoms with E-state index in [1.54, 1.807) is 0 Å². The lowest BCUT2D eigenvalue weighted by atomic mass is 9.99. The molecule has 10 aromatic carbocycles. The normalized spacial score (nSPS) is 12.0. The minimum absolute atomic E-state index is 0.757. The van der Waals surface area contributed by atoms with Gasteiger partial charge < -0.3 is 23.1 Å². The minimum atomic E-state index is 0.757. The maximum Gasteiger partial charge on any atom is 0.178 e. The number of furan rings is 3. The van der Waals surface area contributed by atoms with Crippen LogP contribution in [0.25, 0.3) is 87.4 Å². The molecule has 0 aliphatic rings. The van der Waals surface area contributed by atoms with Crippen molar-refractivity contribution in [2.45, 2.75) is 41.5 Å². The van der Waals surface area contributed by atoms with Crippen LogP contribution in [0.3, 0.4) is 0 Å². The molecule has 67 heavy (non-hydrogen) atoms. The van der Waals surface area contributed by atoms with E-state index < -0.39 is 0 Å². The summed E-state index contributed by atoms with van der Waals surface area (Å²) >= 11 is 0. The van der Waals surface area contributed by atoms with Gasteiger partial charge in [0.25, 0.3) is 0 Å². The number of para-hydroxylation sites is 3. The van der Waals surface area contributed by atoms with E-state index in [9.17, 15) is 0 Å². The molecule has 0 atom stereocenters. The van der Waals surface area contributed by atoms with Crippen molar-refractivity contribution >= 4 is 121 Å². The maximum atomic E-state index is 6.84. The Balaban J connectivity index is 0.933. The van der Waals surface area contributed by atoms with E-state index in [0.717, 1.165) is 121 Å². The zero-order valence-corrected chi connectivity index (χ0v) is 38.3. The van der Waals surface area contributed by atoms with Crippen molar-refractivity contribution in [3.05, 3.63) is 203 Å². The first-order valence-electron chi connectivity index (χ1n) is 23.1.